The first-order chi connectivity index (χ1) is 13.5. The Morgan fingerprint density at radius 3 is 2.96 bits per heavy atom. The summed E-state index contributed by atoms with van der Waals surface area (Å²) in [6.07, 6.45) is 1.16. The highest BCUT2D eigenvalue weighted by molar-refractivity contribution is 5.92. The third kappa shape index (κ3) is 3.67. The van der Waals surface area contributed by atoms with E-state index in [9.17, 15) is 4.79 Å². The topological polar surface area (TPSA) is 70.1 Å². The third-order valence-corrected chi connectivity index (χ3v) is 5.72. The molecule has 1 aliphatic heterocycles. The molecule has 0 saturated carbocycles. The van der Waals surface area contributed by atoms with Crippen LogP contribution in [0.3, 0.4) is 0 Å². The second-order valence-corrected chi connectivity index (χ2v) is 7.75. The van der Waals surface area contributed by atoms with Crippen molar-refractivity contribution in [2.24, 2.45) is 5.92 Å². The Kier molecular flexibility index (Phi) is 5.17. The number of aromatic nitrogens is 4. The number of imidazole rings is 1. The molecule has 1 fully saturated rings. The second kappa shape index (κ2) is 7.75. The predicted molar refractivity (Wildman–Crippen MR) is 109 cm³/mol. The quantitative estimate of drug-likeness (QED) is 0.713. The molecule has 1 saturated heterocycles. The van der Waals surface area contributed by atoms with Crippen LogP contribution in [0.5, 0.6) is 0 Å². The average molecular weight is 380 g/mol. The lowest BCUT2D eigenvalue weighted by Crippen LogP contribution is -2.33. The number of aryl methyl sites for hydroxylation is 1. The molecule has 7 nitrogen and oxygen atoms in total. The summed E-state index contributed by atoms with van der Waals surface area (Å²) in [5.41, 5.74) is 3.44. The van der Waals surface area contributed by atoms with Crippen LogP contribution in [0.1, 0.15) is 35.4 Å². The maximum Gasteiger partial charge on any atom is 0.274 e. The highest BCUT2D eigenvalue weighted by atomic mass is 16.2. The van der Waals surface area contributed by atoms with E-state index in [4.69, 9.17) is 0 Å². The standard InChI is InChI=1S/C21H28N6O/c1-4-26-10-9-16(13-26)12-25(3)21(28)19-11-17(23-24-19)14-27-15(2)22-18-7-5-6-8-20(18)27/h5-8,11,16H,4,9-10,12-14H2,1-3H3,(H,23,24). The second-order valence-electron chi connectivity index (χ2n) is 7.75. The number of aromatic amines is 1. The number of para-hydroxylation sites is 2. The van der Waals surface area contributed by atoms with Gasteiger partial charge >= 0.3 is 0 Å². The number of hydrogen-bond acceptors (Lipinski definition) is 4. The van der Waals surface area contributed by atoms with Gasteiger partial charge in [0, 0.05) is 20.1 Å². The van der Waals surface area contributed by atoms with Crippen LogP contribution in [0.4, 0.5) is 0 Å². The lowest BCUT2D eigenvalue weighted by Gasteiger charge is -2.20. The van der Waals surface area contributed by atoms with Gasteiger partial charge in [-0.3, -0.25) is 9.89 Å². The molecule has 3 heterocycles. The number of carbonyl (C=O) groups excluding carboxylic acids is 1. The van der Waals surface area contributed by atoms with Crippen molar-refractivity contribution in [3.63, 3.8) is 0 Å². The molecule has 1 aliphatic rings. The number of benzene rings is 1. The van der Waals surface area contributed by atoms with E-state index in [1.54, 1.807) is 0 Å². The van der Waals surface area contributed by atoms with Crippen LogP contribution < -0.4 is 0 Å². The molecule has 0 aliphatic carbocycles. The summed E-state index contributed by atoms with van der Waals surface area (Å²) in [7, 11) is 1.87. The lowest BCUT2D eigenvalue weighted by molar-refractivity contribution is 0.0767. The fourth-order valence-corrected chi connectivity index (χ4v) is 4.13. The van der Waals surface area contributed by atoms with E-state index in [1.807, 2.05) is 43.1 Å². The molecular weight excluding hydrogens is 352 g/mol. The largest absolute Gasteiger partial charge is 0.340 e. The lowest BCUT2D eigenvalue weighted by atomic mass is 10.1. The Labute approximate surface area is 165 Å². The molecule has 4 rings (SSSR count). The molecule has 148 valence electrons. The van der Waals surface area contributed by atoms with E-state index < -0.39 is 0 Å². The fourth-order valence-electron chi connectivity index (χ4n) is 4.13. The predicted octanol–water partition coefficient (Wildman–Crippen LogP) is 2.53. The van der Waals surface area contributed by atoms with Crippen molar-refractivity contribution >= 4 is 16.9 Å². The van der Waals surface area contributed by atoms with Crippen molar-refractivity contribution in [3.8, 4) is 0 Å². The number of nitrogens with zero attached hydrogens (tertiary/aromatic N) is 5. The SMILES string of the molecule is CCN1CCC(CN(C)C(=O)c2cc(Cn3c(C)nc4ccccc43)[nH]n2)C1. The van der Waals surface area contributed by atoms with Gasteiger partial charge in [-0.2, -0.15) is 5.10 Å². The number of nitrogens with one attached hydrogen (secondary N) is 1. The molecule has 1 atom stereocenters. The van der Waals surface area contributed by atoms with Crippen LogP contribution in [0.2, 0.25) is 0 Å². The normalized spacial score (nSPS) is 17.5. The molecule has 1 N–H and O–H groups in total. The molecular formula is C21H28N6O. The smallest absolute Gasteiger partial charge is 0.274 e. The highest BCUT2D eigenvalue weighted by Crippen LogP contribution is 2.19. The average Bonchev–Trinajstić information content (AvgIpc) is 3.41. The first kappa shape index (κ1) is 18.7. The van der Waals surface area contributed by atoms with Gasteiger partial charge < -0.3 is 14.4 Å². The van der Waals surface area contributed by atoms with Gasteiger partial charge in [0.1, 0.15) is 11.5 Å². The number of fused-ring (bicyclic) bond motifs is 1. The summed E-state index contributed by atoms with van der Waals surface area (Å²) in [5, 5.41) is 7.30. The Bertz CT molecular complexity index is 974. The van der Waals surface area contributed by atoms with Crippen LogP contribution in [-0.2, 0) is 6.54 Å². The van der Waals surface area contributed by atoms with Crippen molar-refractivity contribution in [2.45, 2.75) is 26.8 Å². The minimum atomic E-state index is -0.0235. The monoisotopic (exact) mass is 380 g/mol. The summed E-state index contributed by atoms with van der Waals surface area (Å²) >= 11 is 0. The van der Waals surface area contributed by atoms with E-state index in [0.29, 0.717) is 18.2 Å². The van der Waals surface area contributed by atoms with Gasteiger partial charge in [0.2, 0.25) is 0 Å². The summed E-state index contributed by atoms with van der Waals surface area (Å²) in [6.45, 7) is 8.87. The van der Waals surface area contributed by atoms with E-state index in [0.717, 1.165) is 55.2 Å². The van der Waals surface area contributed by atoms with E-state index >= 15 is 0 Å². The van der Waals surface area contributed by atoms with Gasteiger partial charge in [0.05, 0.1) is 23.3 Å². The molecule has 7 heteroatoms. The van der Waals surface area contributed by atoms with Crippen molar-refractivity contribution in [1.29, 1.82) is 0 Å². The van der Waals surface area contributed by atoms with Gasteiger partial charge in [-0.25, -0.2) is 4.98 Å². The van der Waals surface area contributed by atoms with E-state index in [1.165, 1.54) is 0 Å². The van der Waals surface area contributed by atoms with Crippen molar-refractivity contribution < 1.29 is 4.79 Å². The first-order valence-corrected chi connectivity index (χ1v) is 9.99. The zero-order valence-corrected chi connectivity index (χ0v) is 16.9. The Hall–Kier alpha value is -2.67. The van der Waals surface area contributed by atoms with Crippen molar-refractivity contribution in [1.82, 2.24) is 29.5 Å². The summed E-state index contributed by atoms with van der Waals surface area (Å²) < 4.78 is 2.14. The third-order valence-electron chi connectivity index (χ3n) is 5.72. The molecule has 1 aromatic carbocycles. The number of likely N-dealkylation sites (tertiary alicyclic amines) is 1. The Balaban J connectivity index is 1.43. The number of amides is 1. The number of rotatable bonds is 6. The molecule has 2 aromatic heterocycles. The van der Waals surface area contributed by atoms with Gasteiger partial charge in [0.25, 0.3) is 5.91 Å². The maximum absolute atomic E-state index is 12.8. The van der Waals surface area contributed by atoms with Crippen LogP contribution in [0.15, 0.2) is 30.3 Å². The van der Waals surface area contributed by atoms with Gasteiger partial charge in [0.15, 0.2) is 0 Å². The molecule has 0 radical (unpaired) electrons. The molecule has 28 heavy (non-hydrogen) atoms. The van der Waals surface area contributed by atoms with Crippen molar-refractivity contribution in [3.05, 3.63) is 47.5 Å². The van der Waals surface area contributed by atoms with E-state index in [-0.39, 0.29) is 5.91 Å². The zero-order valence-electron chi connectivity index (χ0n) is 16.9. The van der Waals surface area contributed by atoms with Gasteiger partial charge in [-0.1, -0.05) is 19.1 Å². The van der Waals surface area contributed by atoms with E-state index in [2.05, 4.69) is 37.6 Å². The number of H-pyrrole nitrogens is 1. The van der Waals surface area contributed by atoms with Crippen molar-refractivity contribution in [2.75, 3.05) is 33.2 Å². The van der Waals surface area contributed by atoms with Gasteiger partial charge in [-0.05, 0) is 50.6 Å². The van der Waals surface area contributed by atoms with Gasteiger partial charge in [-0.15, -0.1) is 0 Å². The van der Waals surface area contributed by atoms with Crippen LogP contribution >= 0.6 is 0 Å². The summed E-state index contributed by atoms with van der Waals surface area (Å²) in [4.78, 5) is 21.6. The number of carbonyl (C=O) groups is 1. The Morgan fingerprint density at radius 1 is 1.36 bits per heavy atom. The minimum absolute atomic E-state index is 0.0235. The minimum Gasteiger partial charge on any atom is -0.340 e. The molecule has 3 aromatic rings. The zero-order chi connectivity index (χ0) is 19.7. The number of hydrogen-bond donors (Lipinski definition) is 1. The van der Waals surface area contributed by atoms with Crippen LogP contribution in [0.25, 0.3) is 11.0 Å². The maximum atomic E-state index is 12.8. The molecule has 1 amide bonds. The molecule has 1 unspecified atom stereocenters. The first-order valence-electron chi connectivity index (χ1n) is 9.99. The molecule has 0 spiro atoms. The van der Waals surface area contributed by atoms with Crippen LogP contribution in [-0.4, -0.2) is 68.7 Å². The van der Waals surface area contributed by atoms with Crippen LogP contribution in [0, 0.1) is 12.8 Å². The summed E-state index contributed by atoms with van der Waals surface area (Å²) in [6, 6.07) is 9.94. The Morgan fingerprint density at radius 2 is 2.18 bits per heavy atom. The highest BCUT2D eigenvalue weighted by Gasteiger charge is 2.25. The molecule has 0 bridgehead atoms. The summed E-state index contributed by atoms with van der Waals surface area (Å²) in [5.74, 6) is 1.47. The fraction of sp³-hybridized carbons (Fsp3) is 0.476.